The Balaban J connectivity index is 0.00000176. The number of halogens is 2. The lowest BCUT2D eigenvalue weighted by atomic mass is 9.64. The first kappa shape index (κ1) is 18.4. The molecule has 122 valence electrons. The van der Waals surface area contributed by atoms with Gasteiger partial charge in [-0.1, -0.05) is 34.5 Å². The molecule has 0 unspecified atom stereocenters. The van der Waals surface area contributed by atoms with Crippen molar-refractivity contribution in [2.24, 2.45) is 10.7 Å². The van der Waals surface area contributed by atoms with E-state index in [9.17, 15) is 0 Å². The van der Waals surface area contributed by atoms with Crippen LogP contribution in [0.3, 0.4) is 0 Å². The summed E-state index contributed by atoms with van der Waals surface area (Å²) in [6.45, 7) is 2.89. The second-order valence-corrected chi connectivity index (χ2v) is 8.06. The zero-order valence-corrected chi connectivity index (χ0v) is 17.4. The van der Waals surface area contributed by atoms with Crippen LogP contribution in [0.5, 0.6) is 0 Å². The summed E-state index contributed by atoms with van der Waals surface area (Å²) >= 11 is 5.51. The van der Waals surface area contributed by atoms with Gasteiger partial charge in [0, 0.05) is 34.5 Å². The summed E-state index contributed by atoms with van der Waals surface area (Å²) in [5.74, 6) is 3.06. The highest BCUT2D eigenvalue weighted by Crippen LogP contribution is 2.44. The molecule has 1 saturated carbocycles. The Hall–Kier alpha value is 0.0500. The summed E-state index contributed by atoms with van der Waals surface area (Å²) in [7, 11) is 0. The lowest BCUT2D eigenvalue weighted by Gasteiger charge is -2.41. The van der Waals surface area contributed by atoms with E-state index in [1.54, 1.807) is 0 Å². The molecule has 1 aliphatic carbocycles. The SMILES string of the molecule is I.NC(=NCC1(c2ccc(Br)cc2)CCC1)N1CCSCC1. The minimum absolute atomic E-state index is 0. The predicted molar refractivity (Wildman–Crippen MR) is 110 cm³/mol. The third-order valence-electron chi connectivity index (χ3n) is 4.65. The highest BCUT2D eigenvalue weighted by Gasteiger charge is 2.38. The highest BCUT2D eigenvalue weighted by molar-refractivity contribution is 14.0. The largest absolute Gasteiger partial charge is 0.370 e. The molecule has 3 nitrogen and oxygen atoms in total. The van der Waals surface area contributed by atoms with Gasteiger partial charge in [0.1, 0.15) is 0 Å². The van der Waals surface area contributed by atoms with Gasteiger partial charge in [0.2, 0.25) is 0 Å². The summed E-state index contributed by atoms with van der Waals surface area (Å²) in [5, 5.41) is 0. The number of nitrogens with two attached hydrogens (primary N) is 1. The van der Waals surface area contributed by atoms with Crippen molar-refractivity contribution in [3.05, 3.63) is 34.3 Å². The second kappa shape index (κ2) is 8.24. The van der Waals surface area contributed by atoms with Gasteiger partial charge in [0.05, 0.1) is 6.54 Å². The lowest BCUT2D eigenvalue weighted by Crippen LogP contribution is -2.44. The number of hydrogen-bond donors (Lipinski definition) is 1. The summed E-state index contributed by atoms with van der Waals surface area (Å²) in [4.78, 5) is 6.97. The maximum atomic E-state index is 6.20. The average molecular weight is 496 g/mol. The van der Waals surface area contributed by atoms with Gasteiger partial charge in [-0.25, -0.2) is 0 Å². The predicted octanol–water partition coefficient (Wildman–Crippen LogP) is 3.85. The van der Waals surface area contributed by atoms with Crippen molar-refractivity contribution in [1.82, 2.24) is 4.90 Å². The molecule has 1 aromatic rings. The molecular formula is C16H23BrIN3S. The van der Waals surface area contributed by atoms with Crippen molar-refractivity contribution >= 4 is 57.6 Å². The van der Waals surface area contributed by atoms with E-state index in [4.69, 9.17) is 10.7 Å². The maximum absolute atomic E-state index is 6.20. The minimum atomic E-state index is 0. The van der Waals surface area contributed by atoms with Gasteiger partial charge in [0.25, 0.3) is 0 Å². The number of nitrogens with zero attached hydrogens (tertiary/aromatic N) is 2. The Morgan fingerprint density at radius 2 is 1.86 bits per heavy atom. The van der Waals surface area contributed by atoms with Crippen LogP contribution in [0.1, 0.15) is 24.8 Å². The van der Waals surface area contributed by atoms with E-state index in [1.807, 2.05) is 11.8 Å². The summed E-state index contributed by atoms with van der Waals surface area (Å²) in [5.41, 5.74) is 7.82. The molecule has 2 N–H and O–H groups in total. The molecule has 0 bridgehead atoms. The molecule has 0 atom stereocenters. The fraction of sp³-hybridized carbons (Fsp3) is 0.562. The van der Waals surface area contributed by atoms with E-state index < -0.39 is 0 Å². The maximum Gasteiger partial charge on any atom is 0.191 e. The van der Waals surface area contributed by atoms with Gasteiger partial charge in [-0.15, -0.1) is 24.0 Å². The first-order valence-electron chi connectivity index (χ1n) is 7.58. The van der Waals surface area contributed by atoms with Gasteiger partial charge in [-0.3, -0.25) is 4.99 Å². The van der Waals surface area contributed by atoms with Crippen molar-refractivity contribution in [1.29, 1.82) is 0 Å². The van der Waals surface area contributed by atoms with Gasteiger partial charge in [0.15, 0.2) is 5.96 Å². The van der Waals surface area contributed by atoms with Crippen LogP contribution < -0.4 is 5.73 Å². The van der Waals surface area contributed by atoms with Gasteiger partial charge in [-0.2, -0.15) is 11.8 Å². The normalized spacial score (nSPS) is 21.0. The summed E-state index contributed by atoms with van der Waals surface area (Å²) < 4.78 is 1.13. The Labute approximate surface area is 162 Å². The van der Waals surface area contributed by atoms with Gasteiger partial charge in [-0.05, 0) is 30.5 Å². The van der Waals surface area contributed by atoms with E-state index in [-0.39, 0.29) is 29.4 Å². The van der Waals surface area contributed by atoms with Crippen LogP contribution in [0.25, 0.3) is 0 Å². The van der Waals surface area contributed by atoms with Gasteiger partial charge < -0.3 is 10.6 Å². The third-order valence-corrected chi connectivity index (χ3v) is 6.12. The molecule has 0 aromatic heterocycles. The number of aliphatic imine (C=N–C) groups is 1. The van der Waals surface area contributed by atoms with E-state index in [0.29, 0.717) is 0 Å². The molecule has 1 heterocycles. The topological polar surface area (TPSA) is 41.6 Å². The molecule has 2 fully saturated rings. The Morgan fingerprint density at radius 3 is 2.41 bits per heavy atom. The number of benzene rings is 1. The molecule has 22 heavy (non-hydrogen) atoms. The Bertz CT molecular complexity index is 511. The van der Waals surface area contributed by atoms with Crippen molar-refractivity contribution in [3.8, 4) is 0 Å². The first-order chi connectivity index (χ1) is 10.2. The fourth-order valence-electron chi connectivity index (χ4n) is 3.07. The van der Waals surface area contributed by atoms with Crippen LogP contribution in [0.2, 0.25) is 0 Å². The van der Waals surface area contributed by atoms with Crippen LogP contribution >= 0.6 is 51.7 Å². The molecule has 1 saturated heterocycles. The van der Waals surface area contributed by atoms with Crippen molar-refractivity contribution in [2.75, 3.05) is 31.1 Å². The van der Waals surface area contributed by atoms with Crippen LogP contribution in [0.4, 0.5) is 0 Å². The van der Waals surface area contributed by atoms with Crippen molar-refractivity contribution < 1.29 is 0 Å². The number of thioether (sulfide) groups is 1. The highest BCUT2D eigenvalue weighted by atomic mass is 127. The minimum Gasteiger partial charge on any atom is -0.370 e. The molecule has 0 amide bonds. The molecular weight excluding hydrogens is 473 g/mol. The van der Waals surface area contributed by atoms with Crippen LogP contribution in [0, 0.1) is 0 Å². The van der Waals surface area contributed by atoms with E-state index >= 15 is 0 Å². The number of guanidine groups is 1. The quantitative estimate of drug-likeness (QED) is 0.393. The summed E-state index contributed by atoms with van der Waals surface area (Å²) in [6.07, 6.45) is 3.74. The Kier molecular flexibility index (Phi) is 6.89. The number of rotatable bonds is 3. The molecule has 2 aliphatic rings. The van der Waals surface area contributed by atoms with Crippen molar-refractivity contribution in [2.45, 2.75) is 24.7 Å². The van der Waals surface area contributed by atoms with Crippen LogP contribution in [-0.2, 0) is 5.41 Å². The van der Waals surface area contributed by atoms with Crippen LogP contribution in [0.15, 0.2) is 33.7 Å². The standard InChI is InChI=1S/C16H22BrN3S.HI/c17-14-4-2-13(3-5-14)16(6-1-7-16)12-19-15(18)20-8-10-21-11-9-20;/h2-5H,1,6-12H2,(H2,18,19);1H. The smallest absolute Gasteiger partial charge is 0.191 e. The van der Waals surface area contributed by atoms with Gasteiger partial charge >= 0.3 is 0 Å². The molecule has 3 rings (SSSR count). The molecule has 1 aliphatic heterocycles. The van der Waals surface area contributed by atoms with Crippen LogP contribution in [-0.4, -0.2) is 42.0 Å². The molecule has 0 radical (unpaired) electrons. The third kappa shape index (κ3) is 4.12. The Morgan fingerprint density at radius 1 is 1.23 bits per heavy atom. The van der Waals surface area contributed by atoms with E-state index in [1.165, 1.54) is 24.8 Å². The summed E-state index contributed by atoms with van der Waals surface area (Å²) in [6, 6.07) is 8.72. The lowest BCUT2D eigenvalue weighted by molar-refractivity contribution is 0.252. The fourth-order valence-corrected chi connectivity index (χ4v) is 4.24. The van der Waals surface area contributed by atoms with E-state index in [0.717, 1.165) is 41.6 Å². The average Bonchev–Trinajstić information content (AvgIpc) is 2.48. The monoisotopic (exact) mass is 495 g/mol. The second-order valence-electron chi connectivity index (χ2n) is 5.91. The number of hydrogen-bond acceptors (Lipinski definition) is 2. The zero-order valence-electron chi connectivity index (χ0n) is 12.6. The molecule has 0 spiro atoms. The molecule has 6 heteroatoms. The molecule has 1 aromatic carbocycles. The van der Waals surface area contributed by atoms with Crippen molar-refractivity contribution in [3.63, 3.8) is 0 Å². The van der Waals surface area contributed by atoms with E-state index in [2.05, 4.69) is 45.1 Å². The first-order valence-corrected chi connectivity index (χ1v) is 9.53. The zero-order chi connectivity index (χ0) is 14.7.